The Labute approximate surface area is 98.5 Å². The Morgan fingerprint density at radius 3 is 2.69 bits per heavy atom. The van der Waals surface area contributed by atoms with Gasteiger partial charge in [-0.3, -0.25) is 4.98 Å². The smallest absolute Gasteiger partial charge is 0.0556 e. The normalized spacial score (nSPS) is 17.4. The minimum atomic E-state index is 0.870. The first kappa shape index (κ1) is 11.4. The van der Waals surface area contributed by atoms with E-state index in [1.807, 2.05) is 13.1 Å². The summed E-state index contributed by atoms with van der Waals surface area (Å²) in [6.45, 7) is 5.31. The van der Waals surface area contributed by atoms with Crippen molar-refractivity contribution in [2.24, 2.45) is 5.92 Å². The Hall–Kier alpha value is -1.05. The fraction of sp³-hybridized carbons (Fsp3) is 0.643. The molecule has 2 rings (SSSR count). The van der Waals surface area contributed by atoms with E-state index < -0.39 is 0 Å². The van der Waals surface area contributed by atoms with Gasteiger partial charge in [0.1, 0.15) is 0 Å². The third-order valence-electron chi connectivity index (χ3n) is 3.55. The summed E-state index contributed by atoms with van der Waals surface area (Å²) in [6.07, 6.45) is 9.01. The third-order valence-corrected chi connectivity index (χ3v) is 3.55. The van der Waals surface area contributed by atoms with Gasteiger partial charge in [0.15, 0.2) is 0 Å². The molecule has 2 nitrogen and oxygen atoms in total. The standard InChI is InChI=1S/C14H22N2/c1-11-8-12(2)15-10-14(11)16-9-13-6-4-3-5-7-13/h8,10,13,16H,3-7,9H2,1-2H3. The molecule has 1 aliphatic rings. The molecule has 1 aromatic rings. The van der Waals surface area contributed by atoms with Crippen LogP contribution >= 0.6 is 0 Å². The number of rotatable bonds is 3. The Kier molecular flexibility index (Phi) is 3.81. The number of nitrogens with zero attached hydrogens (tertiary/aromatic N) is 1. The Morgan fingerprint density at radius 1 is 1.25 bits per heavy atom. The Balaban J connectivity index is 1.88. The van der Waals surface area contributed by atoms with Crippen molar-refractivity contribution in [3.8, 4) is 0 Å². The lowest BCUT2D eigenvalue weighted by molar-refractivity contribution is 0.373. The van der Waals surface area contributed by atoms with Crippen LogP contribution in [0.25, 0.3) is 0 Å². The second-order valence-electron chi connectivity index (χ2n) is 5.03. The van der Waals surface area contributed by atoms with Crippen LogP contribution in [-0.2, 0) is 0 Å². The molecule has 2 heteroatoms. The van der Waals surface area contributed by atoms with Gasteiger partial charge in [0.25, 0.3) is 0 Å². The lowest BCUT2D eigenvalue weighted by Crippen LogP contribution is -2.17. The van der Waals surface area contributed by atoms with E-state index in [1.54, 1.807) is 0 Å². The highest BCUT2D eigenvalue weighted by Gasteiger charge is 2.13. The first-order valence-electron chi connectivity index (χ1n) is 6.43. The highest BCUT2D eigenvalue weighted by atomic mass is 14.9. The maximum Gasteiger partial charge on any atom is 0.0556 e. The molecule has 0 atom stereocenters. The Morgan fingerprint density at radius 2 is 2.00 bits per heavy atom. The number of anilines is 1. The van der Waals surface area contributed by atoms with Crippen LogP contribution in [0.4, 0.5) is 5.69 Å². The summed E-state index contributed by atoms with van der Waals surface area (Å²) in [5.74, 6) is 0.870. The van der Waals surface area contributed by atoms with E-state index in [0.29, 0.717) is 0 Å². The van der Waals surface area contributed by atoms with Gasteiger partial charge in [-0.15, -0.1) is 0 Å². The molecule has 88 valence electrons. The van der Waals surface area contributed by atoms with Gasteiger partial charge in [-0.25, -0.2) is 0 Å². The molecule has 1 N–H and O–H groups in total. The molecule has 16 heavy (non-hydrogen) atoms. The van der Waals surface area contributed by atoms with Crippen molar-refractivity contribution in [2.75, 3.05) is 11.9 Å². The van der Waals surface area contributed by atoms with Gasteiger partial charge in [-0.2, -0.15) is 0 Å². The average Bonchev–Trinajstić information content (AvgIpc) is 2.29. The van der Waals surface area contributed by atoms with E-state index in [0.717, 1.165) is 18.2 Å². The maximum absolute atomic E-state index is 4.34. The van der Waals surface area contributed by atoms with Gasteiger partial charge in [0, 0.05) is 12.2 Å². The molecule has 0 aliphatic heterocycles. The van der Waals surface area contributed by atoms with E-state index in [1.165, 1.54) is 43.4 Å². The van der Waals surface area contributed by atoms with Crippen molar-refractivity contribution in [1.29, 1.82) is 0 Å². The predicted octanol–water partition coefficient (Wildman–Crippen LogP) is 3.69. The topological polar surface area (TPSA) is 24.9 Å². The lowest BCUT2D eigenvalue weighted by atomic mass is 9.89. The van der Waals surface area contributed by atoms with Gasteiger partial charge in [-0.1, -0.05) is 19.3 Å². The number of aromatic nitrogens is 1. The van der Waals surface area contributed by atoms with Crippen LogP contribution in [0.5, 0.6) is 0 Å². The molecule has 0 saturated heterocycles. The summed E-state index contributed by atoms with van der Waals surface area (Å²) >= 11 is 0. The summed E-state index contributed by atoms with van der Waals surface area (Å²) in [6, 6.07) is 2.14. The van der Waals surface area contributed by atoms with Crippen LogP contribution in [-0.4, -0.2) is 11.5 Å². The monoisotopic (exact) mass is 218 g/mol. The van der Waals surface area contributed by atoms with Gasteiger partial charge in [0.05, 0.1) is 11.9 Å². The van der Waals surface area contributed by atoms with Crippen molar-refractivity contribution >= 4 is 5.69 Å². The van der Waals surface area contributed by atoms with Crippen LogP contribution in [0, 0.1) is 19.8 Å². The van der Waals surface area contributed by atoms with Crippen molar-refractivity contribution in [3.63, 3.8) is 0 Å². The summed E-state index contributed by atoms with van der Waals surface area (Å²) in [5.41, 5.74) is 3.61. The number of nitrogens with one attached hydrogen (secondary N) is 1. The van der Waals surface area contributed by atoms with Crippen LogP contribution in [0.15, 0.2) is 12.3 Å². The number of aryl methyl sites for hydroxylation is 2. The summed E-state index contributed by atoms with van der Waals surface area (Å²) in [5, 5.41) is 3.55. The van der Waals surface area contributed by atoms with Gasteiger partial charge >= 0.3 is 0 Å². The molecular formula is C14H22N2. The van der Waals surface area contributed by atoms with Crippen molar-refractivity contribution < 1.29 is 0 Å². The zero-order chi connectivity index (χ0) is 11.4. The molecule has 0 bridgehead atoms. The van der Waals surface area contributed by atoms with Gasteiger partial charge in [0.2, 0.25) is 0 Å². The van der Waals surface area contributed by atoms with Crippen LogP contribution < -0.4 is 5.32 Å². The van der Waals surface area contributed by atoms with E-state index in [4.69, 9.17) is 0 Å². The molecule has 0 amide bonds. The molecule has 0 spiro atoms. The molecule has 0 unspecified atom stereocenters. The summed E-state index contributed by atoms with van der Waals surface area (Å²) in [4.78, 5) is 4.34. The lowest BCUT2D eigenvalue weighted by Gasteiger charge is -2.22. The van der Waals surface area contributed by atoms with E-state index in [9.17, 15) is 0 Å². The van der Waals surface area contributed by atoms with E-state index in [-0.39, 0.29) is 0 Å². The van der Waals surface area contributed by atoms with Crippen molar-refractivity contribution in [1.82, 2.24) is 4.98 Å². The van der Waals surface area contributed by atoms with Crippen molar-refractivity contribution in [2.45, 2.75) is 46.0 Å². The molecule has 1 heterocycles. The second-order valence-corrected chi connectivity index (χ2v) is 5.03. The SMILES string of the molecule is Cc1cc(C)c(NCC2CCCCC2)cn1. The quantitative estimate of drug-likeness (QED) is 0.837. The maximum atomic E-state index is 4.34. The summed E-state index contributed by atoms with van der Waals surface area (Å²) in [7, 11) is 0. The second kappa shape index (κ2) is 5.33. The number of hydrogen-bond donors (Lipinski definition) is 1. The minimum Gasteiger partial charge on any atom is -0.383 e. The zero-order valence-corrected chi connectivity index (χ0v) is 10.4. The fourth-order valence-electron chi connectivity index (χ4n) is 2.53. The molecule has 1 aliphatic carbocycles. The van der Waals surface area contributed by atoms with Crippen LogP contribution in [0.3, 0.4) is 0 Å². The zero-order valence-electron chi connectivity index (χ0n) is 10.4. The van der Waals surface area contributed by atoms with Gasteiger partial charge in [-0.05, 0) is 44.2 Å². The predicted molar refractivity (Wildman–Crippen MR) is 68.8 cm³/mol. The first-order valence-corrected chi connectivity index (χ1v) is 6.43. The average molecular weight is 218 g/mol. The highest BCUT2D eigenvalue weighted by molar-refractivity contribution is 5.49. The van der Waals surface area contributed by atoms with Crippen LogP contribution in [0.2, 0.25) is 0 Å². The fourth-order valence-corrected chi connectivity index (χ4v) is 2.53. The van der Waals surface area contributed by atoms with Crippen LogP contribution in [0.1, 0.15) is 43.4 Å². The minimum absolute atomic E-state index is 0.870. The molecule has 1 fully saturated rings. The first-order chi connectivity index (χ1) is 7.75. The highest BCUT2D eigenvalue weighted by Crippen LogP contribution is 2.24. The molecular weight excluding hydrogens is 196 g/mol. The molecule has 1 saturated carbocycles. The van der Waals surface area contributed by atoms with E-state index >= 15 is 0 Å². The van der Waals surface area contributed by atoms with Crippen molar-refractivity contribution in [3.05, 3.63) is 23.5 Å². The number of hydrogen-bond acceptors (Lipinski definition) is 2. The largest absolute Gasteiger partial charge is 0.383 e. The van der Waals surface area contributed by atoms with E-state index in [2.05, 4.69) is 23.3 Å². The molecule has 1 aromatic heterocycles. The molecule has 0 aromatic carbocycles. The third kappa shape index (κ3) is 2.97. The summed E-state index contributed by atoms with van der Waals surface area (Å²) < 4.78 is 0. The molecule has 0 radical (unpaired) electrons. The van der Waals surface area contributed by atoms with Gasteiger partial charge < -0.3 is 5.32 Å². The Bertz CT molecular complexity index is 341. The number of pyridine rings is 1.